The largest absolute Gasteiger partial charge is 0.292 e. The van der Waals surface area contributed by atoms with E-state index in [9.17, 15) is 4.79 Å². The van der Waals surface area contributed by atoms with Crippen molar-refractivity contribution in [3.8, 4) is 11.1 Å². The smallest absolute Gasteiger partial charge is 0.249 e. The van der Waals surface area contributed by atoms with Crippen LogP contribution in [0.3, 0.4) is 0 Å². The average Bonchev–Trinajstić information content (AvgIpc) is 3.23. The first kappa shape index (κ1) is 15.0. The van der Waals surface area contributed by atoms with Gasteiger partial charge in [0.15, 0.2) is 5.65 Å². The fraction of sp³-hybridized carbons (Fsp3) is 0.118. The van der Waals surface area contributed by atoms with Gasteiger partial charge in [-0.15, -0.1) is 5.10 Å². The molecule has 0 aromatic carbocycles. The van der Waals surface area contributed by atoms with Crippen LogP contribution in [0.5, 0.6) is 0 Å². The molecule has 0 aliphatic heterocycles. The highest BCUT2D eigenvalue weighted by molar-refractivity contribution is 5.88. The summed E-state index contributed by atoms with van der Waals surface area (Å²) in [5.41, 5.74) is 3.61. The van der Waals surface area contributed by atoms with Crippen LogP contribution in [0.25, 0.3) is 16.8 Å². The number of nitrogens with zero attached hydrogens (tertiary/aromatic N) is 6. The standard InChI is InChI=1S/C17H15N7O/c1-12-14(4-2-7-18-12)13-5-6-15-20-17(22-24(15)10-13)21-16(25)11-23-9-3-8-19-23/h2-10H,11H2,1H3,(H,21,22,25). The molecule has 0 atom stereocenters. The maximum atomic E-state index is 12.0. The molecule has 0 radical (unpaired) electrons. The Bertz CT molecular complexity index is 1040. The van der Waals surface area contributed by atoms with Crippen LogP contribution in [0, 0.1) is 6.92 Å². The summed E-state index contributed by atoms with van der Waals surface area (Å²) in [6.07, 6.45) is 6.98. The molecular formula is C17H15N7O. The molecule has 0 bridgehead atoms. The molecule has 1 amide bonds. The van der Waals surface area contributed by atoms with Crippen molar-refractivity contribution in [1.29, 1.82) is 0 Å². The number of aromatic nitrogens is 6. The zero-order valence-electron chi connectivity index (χ0n) is 13.5. The highest BCUT2D eigenvalue weighted by Crippen LogP contribution is 2.22. The molecule has 8 heteroatoms. The topological polar surface area (TPSA) is 90.0 Å². The Morgan fingerprint density at radius 3 is 2.92 bits per heavy atom. The first-order chi connectivity index (χ1) is 12.2. The SMILES string of the molecule is Cc1ncccc1-c1ccc2nc(NC(=O)Cn3cccn3)nn2c1. The minimum absolute atomic E-state index is 0.114. The van der Waals surface area contributed by atoms with Crippen molar-refractivity contribution < 1.29 is 4.79 Å². The van der Waals surface area contributed by atoms with Gasteiger partial charge in [0.25, 0.3) is 0 Å². The van der Waals surface area contributed by atoms with Crippen molar-refractivity contribution in [3.05, 3.63) is 60.8 Å². The first-order valence-electron chi connectivity index (χ1n) is 7.75. The van der Waals surface area contributed by atoms with Gasteiger partial charge in [-0.2, -0.15) is 10.1 Å². The molecule has 25 heavy (non-hydrogen) atoms. The quantitative estimate of drug-likeness (QED) is 0.616. The predicted molar refractivity (Wildman–Crippen MR) is 91.8 cm³/mol. The molecule has 8 nitrogen and oxygen atoms in total. The number of fused-ring (bicyclic) bond motifs is 1. The Balaban J connectivity index is 1.58. The van der Waals surface area contributed by atoms with E-state index >= 15 is 0 Å². The summed E-state index contributed by atoms with van der Waals surface area (Å²) in [6, 6.07) is 9.49. The third-order valence-electron chi connectivity index (χ3n) is 3.76. The summed E-state index contributed by atoms with van der Waals surface area (Å²) in [7, 11) is 0. The van der Waals surface area contributed by atoms with Crippen LogP contribution in [-0.4, -0.2) is 35.3 Å². The van der Waals surface area contributed by atoms with Crippen LogP contribution in [0.1, 0.15) is 5.69 Å². The number of anilines is 1. The third kappa shape index (κ3) is 3.09. The van der Waals surface area contributed by atoms with E-state index in [2.05, 4.69) is 25.5 Å². The summed E-state index contributed by atoms with van der Waals surface area (Å²) in [5.74, 6) is 0.0279. The average molecular weight is 333 g/mol. The molecule has 0 aliphatic carbocycles. The van der Waals surface area contributed by atoms with Gasteiger partial charge in [-0.25, -0.2) is 4.52 Å². The molecule has 0 spiro atoms. The Morgan fingerprint density at radius 2 is 2.12 bits per heavy atom. The van der Waals surface area contributed by atoms with Gasteiger partial charge >= 0.3 is 0 Å². The molecule has 0 fully saturated rings. The fourth-order valence-electron chi connectivity index (χ4n) is 2.59. The van der Waals surface area contributed by atoms with Crippen LogP contribution in [0.4, 0.5) is 5.95 Å². The number of carbonyl (C=O) groups excluding carboxylic acids is 1. The molecule has 4 rings (SSSR count). The molecule has 0 unspecified atom stereocenters. The number of nitrogens with one attached hydrogen (secondary N) is 1. The number of rotatable bonds is 4. The van der Waals surface area contributed by atoms with E-state index in [1.54, 1.807) is 29.2 Å². The second kappa shape index (κ2) is 6.16. The van der Waals surface area contributed by atoms with Crippen LogP contribution in [0.15, 0.2) is 55.1 Å². The number of pyridine rings is 2. The Hall–Kier alpha value is -3.55. The minimum Gasteiger partial charge on any atom is -0.292 e. The summed E-state index contributed by atoms with van der Waals surface area (Å²) >= 11 is 0. The van der Waals surface area contributed by atoms with Crippen molar-refractivity contribution in [2.45, 2.75) is 13.5 Å². The van der Waals surface area contributed by atoms with Crippen molar-refractivity contribution in [3.63, 3.8) is 0 Å². The van der Waals surface area contributed by atoms with Crippen molar-refractivity contribution in [2.24, 2.45) is 0 Å². The van der Waals surface area contributed by atoms with E-state index in [4.69, 9.17) is 0 Å². The number of aryl methyl sites for hydroxylation is 1. The lowest BCUT2D eigenvalue weighted by atomic mass is 10.1. The van der Waals surface area contributed by atoms with E-state index in [1.165, 1.54) is 4.68 Å². The Labute approximate surface area is 143 Å². The van der Waals surface area contributed by atoms with E-state index in [0.29, 0.717) is 5.65 Å². The lowest BCUT2D eigenvalue weighted by Gasteiger charge is -2.04. The number of carbonyl (C=O) groups is 1. The minimum atomic E-state index is -0.233. The molecule has 1 N–H and O–H groups in total. The van der Waals surface area contributed by atoms with Crippen LogP contribution >= 0.6 is 0 Å². The normalized spacial score (nSPS) is 10.9. The first-order valence-corrected chi connectivity index (χ1v) is 7.75. The number of hydrogen-bond acceptors (Lipinski definition) is 5. The Kier molecular flexibility index (Phi) is 3.70. The maximum Gasteiger partial charge on any atom is 0.249 e. The second-order valence-corrected chi connectivity index (χ2v) is 5.54. The summed E-state index contributed by atoms with van der Waals surface area (Å²) in [4.78, 5) is 20.6. The highest BCUT2D eigenvalue weighted by atomic mass is 16.2. The van der Waals surface area contributed by atoms with Crippen molar-refractivity contribution in [2.75, 3.05) is 5.32 Å². The van der Waals surface area contributed by atoms with Gasteiger partial charge in [0, 0.05) is 41.6 Å². The number of amides is 1. The van der Waals surface area contributed by atoms with E-state index in [-0.39, 0.29) is 18.4 Å². The monoisotopic (exact) mass is 333 g/mol. The summed E-state index contributed by atoms with van der Waals surface area (Å²) in [6.45, 7) is 2.07. The molecule has 124 valence electrons. The van der Waals surface area contributed by atoms with Gasteiger partial charge in [-0.3, -0.25) is 19.8 Å². The lowest BCUT2D eigenvalue weighted by molar-refractivity contribution is -0.116. The zero-order chi connectivity index (χ0) is 17.2. The van der Waals surface area contributed by atoms with E-state index in [0.717, 1.165) is 16.8 Å². The Morgan fingerprint density at radius 1 is 1.20 bits per heavy atom. The molecule has 4 heterocycles. The van der Waals surface area contributed by atoms with E-state index in [1.807, 2.05) is 37.4 Å². The number of hydrogen-bond donors (Lipinski definition) is 1. The molecule has 4 aromatic heterocycles. The van der Waals surface area contributed by atoms with Gasteiger partial charge in [0.05, 0.1) is 0 Å². The van der Waals surface area contributed by atoms with Crippen LogP contribution < -0.4 is 5.32 Å². The van der Waals surface area contributed by atoms with Gasteiger partial charge in [0.2, 0.25) is 11.9 Å². The molecular weight excluding hydrogens is 318 g/mol. The molecule has 0 aliphatic rings. The van der Waals surface area contributed by atoms with Gasteiger partial charge in [-0.05, 0) is 31.2 Å². The van der Waals surface area contributed by atoms with Crippen molar-refractivity contribution in [1.82, 2.24) is 29.4 Å². The molecule has 4 aromatic rings. The maximum absolute atomic E-state index is 12.0. The second-order valence-electron chi connectivity index (χ2n) is 5.54. The van der Waals surface area contributed by atoms with Gasteiger partial charge < -0.3 is 0 Å². The van der Waals surface area contributed by atoms with Crippen molar-refractivity contribution >= 4 is 17.5 Å². The predicted octanol–water partition coefficient (Wildman–Crippen LogP) is 1.93. The molecule has 0 saturated carbocycles. The lowest BCUT2D eigenvalue weighted by Crippen LogP contribution is -2.19. The van der Waals surface area contributed by atoms with Gasteiger partial charge in [0.1, 0.15) is 6.54 Å². The summed E-state index contributed by atoms with van der Waals surface area (Å²) < 4.78 is 3.18. The van der Waals surface area contributed by atoms with E-state index < -0.39 is 0 Å². The zero-order valence-corrected chi connectivity index (χ0v) is 13.5. The van der Waals surface area contributed by atoms with Gasteiger partial charge in [-0.1, -0.05) is 6.07 Å². The fourth-order valence-corrected chi connectivity index (χ4v) is 2.59. The summed E-state index contributed by atoms with van der Waals surface area (Å²) in [5, 5.41) is 11.0. The highest BCUT2D eigenvalue weighted by Gasteiger charge is 2.10. The van der Waals surface area contributed by atoms with Crippen LogP contribution in [-0.2, 0) is 11.3 Å². The third-order valence-corrected chi connectivity index (χ3v) is 3.76. The van der Waals surface area contributed by atoms with Crippen LogP contribution in [0.2, 0.25) is 0 Å². The molecule has 0 saturated heterocycles.